The van der Waals surface area contributed by atoms with Gasteiger partial charge in [-0.15, -0.1) is 11.3 Å². The molecule has 1 aliphatic rings. The fraction of sp³-hybridized carbons (Fsp3) is 0.333. The number of hydrogen-bond acceptors (Lipinski definition) is 5. The van der Waals surface area contributed by atoms with E-state index in [-0.39, 0.29) is 0 Å². The van der Waals surface area contributed by atoms with E-state index in [1.54, 1.807) is 11.3 Å². The van der Waals surface area contributed by atoms with E-state index in [1.807, 2.05) is 18.5 Å². The number of anilines is 1. The normalized spacial score (nSPS) is 16.6. The average molecular weight is 324 g/mol. The van der Waals surface area contributed by atoms with Gasteiger partial charge in [0.25, 0.3) is 0 Å². The molecule has 2 aromatic heterocycles. The molecule has 0 N–H and O–H groups in total. The van der Waals surface area contributed by atoms with Crippen molar-refractivity contribution in [3.05, 3.63) is 53.7 Å². The second-order valence-corrected chi connectivity index (χ2v) is 6.80. The van der Waals surface area contributed by atoms with Crippen molar-refractivity contribution in [1.29, 1.82) is 0 Å². The molecule has 1 fully saturated rings. The van der Waals surface area contributed by atoms with Gasteiger partial charge in [0.05, 0.1) is 5.52 Å². The van der Waals surface area contributed by atoms with Crippen LogP contribution >= 0.6 is 11.3 Å². The molecule has 3 heterocycles. The van der Waals surface area contributed by atoms with E-state index in [0.717, 1.165) is 43.4 Å². The summed E-state index contributed by atoms with van der Waals surface area (Å²) in [6.07, 6.45) is 4.96. The molecule has 3 aromatic rings. The largest absolute Gasteiger partial charge is 0.347 e. The molecule has 0 unspecified atom stereocenters. The third-order valence-electron chi connectivity index (χ3n) is 4.39. The van der Waals surface area contributed by atoms with Crippen molar-refractivity contribution in [3.63, 3.8) is 0 Å². The van der Waals surface area contributed by atoms with Crippen LogP contribution < -0.4 is 4.90 Å². The molecule has 1 saturated heterocycles. The van der Waals surface area contributed by atoms with Gasteiger partial charge in [-0.2, -0.15) is 0 Å². The molecule has 0 saturated carbocycles. The maximum atomic E-state index is 4.58. The summed E-state index contributed by atoms with van der Waals surface area (Å²) in [6.45, 7) is 5.32. The second kappa shape index (κ2) is 6.64. The van der Waals surface area contributed by atoms with Crippen LogP contribution in [-0.2, 0) is 6.54 Å². The minimum atomic E-state index is 0.972. The van der Waals surface area contributed by atoms with E-state index in [4.69, 9.17) is 0 Å². The highest BCUT2D eigenvalue weighted by Crippen LogP contribution is 2.21. The molecule has 0 radical (unpaired) electrons. The Hall–Kier alpha value is -1.98. The topological polar surface area (TPSA) is 32.3 Å². The Morgan fingerprint density at radius 2 is 1.91 bits per heavy atom. The van der Waals surface area contributed by atoms with Crippen LogP contribution in [0.15, 0.2) is 48.1 Å². The van der Waals surface area contributed by atoms with Gasteiger partial charge in [-0.1, -0.05) is 24.3 Å². The van der Waals surface area contributed by atoms with Crippen molar-refractivity contribution >= 4 is 27.4 Å². The minimum Gasteiger partial charge on any atom is -0.347 e. The highest BCUT2D eigenvalue weighted by Gasteiger charge is 2.17. The smallest absolute Gasteiger partial charge is 0.185 e. The zero-order chi connectivity index (χ0) is 15.5. The molecule has 5 heteroatoms. The number of hydrogen-bond donors (Lipinski definition) is 0. The van der Waals surface area contributed by atoms with Gasteiger partial charge in [0, 0.05) is 55.9 Å². The Bertz CT molecular complexity index is 766. The fourth-order valence-corrected chi connectivity index (χ4v) is 3.93. The van der Waals surface area contributed by atoms with Crippen molar-refractivity contribution < 1.29 is 0 Å². The summed E-state index contributed by atoms with van der Waals surface area (Å²) in [7, 11) is 0. The SMILES string of the molecule is c1cnc2c(CN3CCCN(c4nccs4)CC3)cccc2c1. The molecule has 4 rings (SSSR count). The number of rotatable bonds is 3. The third-order valence-corrected chi connectivity index (χ3v) is 5.22. The van der Waals surface area contributed by atoms with Gasteiger partial charge in [0.15, 0.2) is 5.13 Å². The van der Waals surface area contributed by atoms with E-state index >= 15 is 0 Å². The van der Waals surface area contributed by atoms with E-state index in [9.17, 15) is 0 Å². The number of pyridine rings is 1. The maximum Gasteiger partial charge on any atom is 0.185 e. The molecule has 1 aromatic carbocycles. The first-order valence-corrected chi connectivity index (χ1v) is 8.97. The summed E-state index contributed by atoms with van der Waals surface area (Å²) in [5, 5.41) is 4.43. The standard InChI is InChI=1S/C18H20N4S/c1-4-15-6-2-7-19-17(15)16(5-1)14-21-9-3-10-22(12-11-21)18-20-8-13-23-18/h1-2,4-8,13H,3,9-12,14H2. The Kier molecular flexibility index (Phi) is 4.22. The number of para-hydroxylation sites is 1. The number of benzene rings is 1. The zero-order valence-corrected chi connectivity index (χ0v) is 13.9. The van der Waals surface area contributed by atoms with E-state index in [2.05, 4.69) is 49.4 Å². The van der Waals surface area contributed by atoms with Crippen molar-refractivity contribution in [2.45, 2.75) is 13.0 Å². The van der Waals surface area contributed by atoms with Gasteiger partial charge in [0.1, 0.15) is 0 Å². The number of nitrogens with zero attached hydrogens (tertiary/aromatic N) is 4. The van der Waals surface area contributed by atoms with E-state index in [1.165, 1.54) is 17.4 Å². The van der Waals surface area contributed by atoms with Gasteiger partial charge in [-0.05, 0) is 18.1 Å². The van der Waals surface area contributed by atoms with Crippen LogP contribution in [0, 0.1) is 0 Å². The number of fused-ring (bicyclic) bond motifs is 1. The summed E-state index contributed by atoms with van der Waals surface area (Å²) in [6, 6.07) is 10.6. The number of aromatic nitrogens is 2. The Balaban J connectivity index is 1.48. The summed E-state index contributed by atoms with van der Waals surface area (Å²) in [4.78, 5) is 14.0. The molecule has 0 bridgehead atoms. The second-order valence-electron chi connectivity index (χ2n) is 5.92. The first kappa shape index (κ1) is 14.6. The Morgan fingerprint density at radius 1 is 0.957 bits per heavy atom. The quantitative estimate of drug-likeness (QED) is 0.739. The molecule has 0 aliphatic carbocycles. The molecule has 118 valence electrons. The lowest BCUT2D eigenvalue weighted by Gasteiger charge is -2.21. The third kappa shape index (κ3) is 3.21. The fourth-order valence-electron chi connectivity index (χ4n) is 3.23. The van der Waals surface area contributed by atoms with Crippen LogP contribution in [0.3, 0.4) is 0 Å². The van der Waals surface area contributed by atoms with Crippen LogP contribution in [0.1, 0.15) is 12.0 Å². The predicted molar refractivity (Wildman–Crippen MR) is 96.0 cm³/mol. The van der Waals surface area contributed by atoms with Gasteiger partial charge >= 0.3 is 0 Å². The summed E-state index contributed by atoms with van der Waals surface area (Å²) in [5.41, 5.74) is 2.46. The molecule has 4 nitrogen and oxygen atoms in total. The van der Waals surface area contributed by atoms with Crippen LogP contribution in [-0.4, -0.2) is 41.0 Å². The highest BCUT2D eigenvalue weighted by atomic mass is 32.1. The molecule has 0 spiro atoms. The molecule has 1 aliphatic heterocycles. The van der Waals surface area contributed by atoms with Gasteiger partial charge in [-0.25, -0.2) is 4.98 Å². The predicted octanol–water partition coefficient (Wildman–Crippen LogP) is 3.40. The van der Waals surface area contributed by atoms with Crippen molar-refractivity contribution in [2.75, 3.05) is 31.1 Å². The monoisotopic (exact) mass is 324 g/mol. The highest BCUT2D eigenvalue weighted by molar-refractivity contribution is 7.13. The van der Waals surface area contributed by atoms with Crippen molar-refractivity contribution in [1.82, 2.24) is 14.9 Å². The Morgan fingerprint density at radius 3 is 2.83 bits per heavy atom. The van der Waals surface area contributed by atoms with Crippen molar-refractivity contribution in [2.24, 2.45) is 0 Å². The molecular formula is C18H20N4S. The number of thiazole rings is 1. The first-order chi connectivity index (χ1) is 11.4. The Labute approximate surface area is 140 Å². The van der Waals surface area contributed by atoms with Crippen LogP contribution in [0.4, 0.5) is 5.13 Å². The van der Waals surface area contributed by atoms with Gasteiger partial charge in [-0.3, -0.25) is 9.88 Å². The van der Waals surface area contributed by atoms with Crippen molar-refractivity contribution in [3.8, 4) is 0 Å². The molecule has 23 heavy (non-hydrogen) atoms. The average Bonchev–Trinajstić information content (AvgIpc) is 3.03. The maximum absolute atomic E-state index is 4.58. The molecular weight excluding hydrogens is 304 g/mol. The summed E-state index contributed by atoms with van der Waals surface area (Å²) < 4.78 is 0. The van der Waals surface area contributed by atoms with E-state index < -0.39 is 0 Å². The van der Waals surface area contributed by atoms with Crippen LogP contribution in [0.25, 0.3) is 10.9 Å². The molecule has 0 atom stereocenters. The lowest BCUT2D eigenvalue weighted by Crippen LogP contribution is -2.30. The lowest BCUT2D eigenvalue weighted by atomic mass is 10.1. The van der Waals surface area contributed by atoms with Crippen LogP contribution in [0.5, 0.6) is 0 Å². The van der Waals surface area contributed by atoms with Gasteiger partial charge < -0.3 is 4.90 Å². The van der Waals surface area contributed by atoms with E-state index in [0.29, 0.717) is 0 Å². The lowest BCUT2D eigenvalue weighted by molar-refractivity contribution is 0.286. The minimum absolute atomic E-state index is 0.972. The van der Waals surface area contributed by atoms with Crippen LogP contribution in [0.2, 0.25) is 0 Å². The van der Waals surface area contributed by atoms with Gasteiger partial charge in [0.2, 0.25) is 0 Å². The molecule has 0 amide bonds. The first-order valence-electron chi connectivity index (χ1n) is 8.09. The summed E-state index contributed by atoms with van der Waals surface area (Å²) >= 11 is 1.73. The zero-order valence-electron chi connectivity index (χ0n) is 13.1. The summed E-state index contributed by atoms with van der Waals surface area (Å²) in [5.74, 6) is 0.